The Balaban J connectivity index is 0.842. The van der Waals surface area contributed by atoms with Gasteiger partial charge in [0.15, 0.2) is 0 Å². The Kier molecular flexibility index (Phi) is 9.17. The van der Waals surface area contributed by atoms with Crippen LogP contribution >= 0.6 is 0 Å². The normalized spacial score (nSPS) is 11.7. The molecule has 0 bridgehead atoms. The molecule has 11 aromatic carbocycles. The van der Waals surface area contributed by atoms with E-state index in [9.17, 15) is 0 Å². The number of rotatable bonds is 8. The van der Waals surface area contributed by atoms with Crippen LogP contribution < -0.4 is 4.90 Å². The molecule has 0 fully saturated rings. The molecule has 3 heterocycles. The van der Waals surface area contributed by atoms with Crippen LogP contribution in [0.2, 0.25) is 0 Å². The van der Waals surface area contributed by atoms with Crippen LogP contribution in [0.5, 0.6) is 0 Å². The minimum Gasteiger partial charge on any atom is -0.311 e. The maximum Gasteiger partial charge on any atom is 0.0547 e. The Morgan fingerprint density at radius 1 is 0.200 bits per heavy atom. The molecular weight excluding hydrogens is 849 g/mol. The molecule has 0 saturated carbocycles. The summed E-state index contributed by atoms with van der Waals surface area (Å²) in [6.45, 7) is 0. The zero-order valence-electron chi connectivity index (χ0n) is 38.2. The van der Waals surface area contributed by atoms with E-state index >= 15 is 0 Å². The van der Waals surface area contributed by atoms with Crippen molar-refractivity contribution >= 4 is 82.5 Å². The summed E-state index contributed by atoms with van der Waals surface area (Å²) in [4.78, 5) is 2.37. The predicted octanol–water partition coefficient (Wildman–Crippen LogP) is 17.8. The lowest BCUT2D eigenvalue weighted by atomic mass is 10.0. The largest absolute Gasteiger partial charge is 0.311 e. The number of benzene rings is 11. The molecule has 0 amide bonds. The van der Waals surface area contributed by atoms with Crippen LogP contribution in [0.15, 0.2) is 267 Å². The predicted molar refractivity (Wildman–Crippen MR) is 295 cm³/mol. The van der Waals surface area contributed by atoms with Crippen molar-refractivity contribution in [3.63, 3.8) is 0 Å². The summed E-state index contributed by atoms with van der Waals surface area (Å²) in [5, 5.41) is 7.55. The molecule has 0 unspecified atom stereocenters. The summed E-state index contributed by atoms with van der Waals surface area (Å²) >= 11 is 0. The molecule has 4 heteroatoms. The molecule has 14 rings (SSSR count). The van der Waals surface area contributed by atoms with Gasteiger partial charge in [0.2, 0.25) is 0 Å². The van der Waals surface area contributed by atoms with Crippen LogP contribution in [0.3, 0.4) is 0 Å². The van der Waals surface area contributed by atoms with Gasteiger partial charge in [-0.1, -0.05) is 158 Å². The van der Waals surface area contributed by atoms with Crippen molar-refractivity contribution in [3.05, 3.63) is 267 Å². The van der Waals surface area contributed by atoms with E-state index in [-0.39, 0.29) is 0 Å². The fourth-order valence-corrected chi connectivity index (χ4v) is 11.0. The van der Waals surface area contributed by atoms with E-state index in [2.05, 4.69) is 286 Å². The van der Waals surface area contributed by atoms with Gasteiger partial charge >= 0.3 is 0 Å². The van der Waals surface area contributed by atoms with Crippen molar-refractivity contribution in [1.82, 2.24) is 13.7 Å². The zero-order valence-corrected chi connectivity index (χ0v) is 38.2. The first-order valence-electron chi connectivity index (χ1n) is 24.0. The smallest absolute Gasteiger partial charge is 0.0547 e. The van der Waals surface area contributed by atoms with E-state index in [1.807, 2.05) is 0 Å². The average Bonchev–Trinajstić information content (AvgIpc) is 4.08. The first-order chi connectivity index (χ1) is 34.7. The van der Waals surface area contributed by atoms with Crippen LogP contribution in [0.1, 0.15) is 0 Å². The van der Waals surface area contributed by atoms with E-state index < -0.39 is 0 Å². The van der Waals surface area contributed by atoms with E-state index in [1.54, 1.807) is 0 Å². The molecule has 0 aliphatic carbocycles. The summed E-state index contributed by atoms with van der Waals surface area (Å²) in [5.41, 5.74) is 18.6. The third-order valence-corrected chi connectivity index (χ3v) is 14.3. The summed E-state index contributed by atoms with van der Waals surface area (Å²) in [7, 11) is 0. The van der Waals surface area contributed by atoms with E-state index in [0.717, 1.165) is 45.3 Å². The van der Waals surface area contributed by atoms with Gasteiger partial charge < -0.3 is 18.6 Å². The molecule has 0 radical (unpaired) electrons. The molecular formula is C66H44N4. The van der Waals surface area contributed by atoms with Crippen LogP contribution in [0, 0.1) is 0 Å². The second-order valence-electron chi connectivity index (χ2n) is 18.2. The summed E-state index contributed by atoms with van der Waals surface area (Å²) in [6.07, 6.45) is 0. The molecule has 4 nitrogen and oxygen atoms in total. The lowest BCUT2D eigenvalue weighted by molar-refractivity contribution is 1.17. The van der Waals surface area contributed by atoms with Crippen LogP contribution in [-0.2, 0) is 0 Å². The number of anilines is 3. The number of hydrogen-bond acceptors (Lipinski definition) is 1. The zero-order chi connectivity index (χ0) is 46.1. The quantitative estimate of drug-likeness (QED) is 0.149. The Labute approximate surface area is 405 Å². The van der Waals surface area contributed by atoms with Gasteiger partial charge in [0.05, 0.1) is 33.1 Å². The van der Waals surface area contributed by atoms with Gasteiger partial charge in [-0.2, -0.15) is 0 Å². The minimum atomic E-state index is 1.08. The number of para-hydroxylation sites is 6. The molecule has 0 spiro atoms. The Morgan fingerprint density at radius 2 is 0.471 bits per heavy atom. The van der Waals surface area contributed by atoms with E-state index in [0.29, 0.717) is 0 Å². The van der Waals surface area contributed by atoms with Crippen molar-refractivity contribution in [2.45, 2.75) is 0 Å². The van der Waals surface area contributed by atoms with E-state index in [1.165, 1.54) is 76.5 Å². The monoisotopic (exact) mass is 892 g/mol. The highest BCUT2D eigenvalue weighted by molar-refractivity contribution is 6.11. The van der Waals surface area contributed by atoms with Crippen molar-refractivity contribution in [1.29, 1.82) is 0 Å². The maximum atomic E-state index is 2.39. The fourth-order valence-electron chi connectivity index (χ4n) is 11.0. The Hall–Kier alpha value is -9.38. The van der Waals surface area contributed by atoms with Crippen LogP contribution in [-0.4, -0.2) is 13.7 Å². The molecule has 0 atom stereocenters. The molecule has 328 valence electrons. The van der Waals surface area contributed by atoms with Crippen LogP contribution in [0.25, 0.3) is 105 Å². The van der Waals surface area contributed by atoms with Crippen molar-refractivity contribution in [2.24, 2.45) is 0 Å². The highest BCUT2D eigenvalue weighted by atomic mass is 15.1. The van der Waals surface area contributed by atoms with Crippen molar-refractivity contribution in [2.75, 3.05) is 4.90 Å². The molecule has 70 heavy (non-hydrogen) atoms. The van der Waals surface area contributed by atoms with Gasteiger partial charge in [0, 0.05) is 66.4 Å². The van der Waals surface area contributed by atoms with Crippen molar-refractivity contribution < 1.29 is 0 Å². The highest BCUT2D eigenvalue weighted by Gasteiger charge is 2.18. The second-order valence-corrected chi connectivity index (χ2v) is 18.2. The first-order valence-corrected chi connectivity index (χ1v) is 24.0. The van der Waals surface area contributed by atoms with Crippen molar-refractivity contribution in [3.8, 4) is 39.3 Å². The average molecular weight is 893 g/mol. The number of nitrogens with zero attached hydrogens (tertiary/aromatic N) is 4. The third-order valence-electron chi connectivity index (χ3n) is 14.3. The summed E-state index contributed by atoms with van der Waals surface area (Å²) in [6, 6.07) is 97.0. The van der Waals surface area contributed by atoms with Gasteiger partial charge in [0.25, 0.3) is 0 Å². The Morgan fingerprint density at radius 3 is 0.886 bits per heavy atom. The van der Waals surface area contributed by atoms with Gasteiger partial charge in [-0.3, -0.25) is 0 Å². The van der Waals surface area contributed by atoms with Gasteiger partial charge in [-0.25, -0.2) is 0 Å². The van der Waals surface area contributed by atoms with Gasteiger partial charge in [0.1, 0.15) is 0 Å². The molecule has 3 aromatic heterocycles. The van der Waals surface area contributed by atoms with E-state index in [4.69, 9.17) is 0 Å². The number of aromatic nitrogens is 3. The highest BCUT2D eigenvalue weighted by Crippen LogP contribution is 2.41. The van der Waals surface area contributed by atoms with Crippen LogP contribution in [0.4, 0.5) is 17.1 Å². The third kappa shape index (κ3) is 6.38. The fraction of sp³-hybridized carbons (Fsp3) is 0. The molecule has 14 aromatic rings. The lowest BCUT2D eigenvalue weighted by Gasteiger charge is -2.26. The molecule has 0 aliphatic heterocycles. The summed E-state index contributed by atoms with van der Waals surface area (Å²) in [5.74, 6) is 0. The number of hydrogen-bond donors (Lipinski definition) is 0. The molecule has 0 saturated heterocycles. The SMILES string of the molecule is c1ccc(-n2c3ccccc3c3ccc(-c4ccc(N(c5ccc(-c6ccc(-n7c8ccccc8c8ccccc87)cc6)cc5)c5ccc(-n6c7ccccc7c7ccccc76)cc5)cc4)cc32)cc1. The van der Waals surface area contributed by atoms with Gasteiger partial charge in [-0.05, 0) is 131 Å². The first kappa shape index (κ1) is 39.8. The minimum absolute atomic E-state index is 1.08. The second kappa shape index (κ2) is 16.2. The maximum absolute atomic E-state index is 2.39. The number of fused-ring (bicyclic) bond motifs is 9. The topological polar surface area (TPSA) is 18.0 Å². The Bertz CT molecular complexity index is 4140. The lowest BCUT2D eigenvalue weighted by Crippen LogP contribution is -2.10. The van der Waals surface area contributed by atoms with Gasteiger partial charge in [-0.15, -0.1) is 0 Å². The standard InChI is InChI=1S/C66H44N4/c1-2-14-49(15-3-1)70-65-25-13-8-20-59(65)60-43-32-48(44-66(60)70)47-30-35-51(36-31-47)67(52-39-41-54(42-40-52)69-63-23-11-6-18-57(63)58-19-7-12-24-64(58)69)50-33-26-45(27-34-50)46-28-37-53(38-29-46)68-61-21-9-4-16-55(61)56-17-5-10-22-62(56)68/h1-44H. The molecule has 0 aliphatic rings. The molecule has 0 N–H and O–H groups in total. The summed E-state index contributed by atoms with van der Waals surface area (Å²) < 4.78 is 7.13.